The molecule has 1 unspecified atom stereocenters. The summed E-state index contributed by atoms with van der Waals surface area (Å²) >= 11 is -2.00. The molecule has 1 saturated heterocycles. The summed E-state index contributed by atoms with van der Waals surface area (Å²) in [5, 5.41) is 0. The molecular formula is C12H21F5N2OS. The summed E-state index contributed by atoms with van der Waals surface area (Å²) in [7, 11) is 1.38. The van der Waals surface area contributed by atoms with Crippen molar-refractivity contribution >= 4 is 11.4 Å². The molecule has 3 atom stereocenters. The Morgan fingerprint density at radius 3 is 2.24 bits per heavy atom. The number of hydrogen-bond donors (Lipinski definition) is 1. The fraction of sp³-hybridized carbons (Fsp3) is 1.00. The van der Waals surface area contributed by atoms with Gasteiger partial charge >= 0.3 is 6.18 Å². The maximum atomic E-state index is 13.5. The smallest absolute Gasteiger partial charge is 0.409 e. The number of likely N-dealkylation sites (N-methyl/N-ethyl adjacent to an activating group) is 1. The second-order valence-corrected chi connectivity index (χ2v) is 8.37. The lowest BCUT2D eigenvalue weighted by molar-refractivity contribution is -0.180. The maximum absolute atomic E-state index is 13.5. The van der Waals surface area contributed by atoms with E-state index < -0.39 is 53.1 Å². The van der Waals surface area contributed by atoms with E-state index in [0.717, 1.165) is 0 Å². The van der Waals surface area contributed by atoms with Crippen LogP contribution in [0.15, 0.2) is 0 Å². The fourth-order valence-electron chi connectivity index (χ4n) is 2.10. The van der Waals surface area contributed by atoms with Crippen molar-refractivity contribution in [1.82, 2.24) is 9.62 Å². The van der Waals surface area contributed by atoms with E-state index in [1.165, 1.54) is 32.7 Å². The molecule has 0 bridgehead atoms. The van der Waals surface area contributed by atoms with Crippen LogP contribution in [0.5, 0.6) is 0 Å². The van der Waals surface area contributed by atoms with Crippen molar-refractivity contribution in [3.8, 4) is 0 Å². The highest BCUT2D eigenvalue weighted by Gasteiger charge is 2.54. The molecule has 1 heterocycles. The number of hydrogen-bond acceptors (Lipinski definition) is 3. The normalized spacial score (nSPS) is 27.4. The van der Waals surface area contributed by atoms with Crippen molar-refractivity contribution in [3.63, 3.8) is 0 Å². The van der Waals surface area contributed by atoms with Gasteiger partial charge in [-0.15, -0.1) is 4.72 Å². The van der Waals surface area contributed by atoms with Crippen LogP contribution in [-0.2, 0) is 11.4 Å². The van der Waals surface area contributed by atoms with E-state index in [1.54, 1.807) is 0 Å². The number of piperidine rings is 1. The molecule has 1 rings (SSSR count). The van der Waals surface area contributed by atoms with E-state index >= 15 is 0 Å². The van der Waals surface area contributed by atoms with Gasteiger partial charge < -0.3 is 9.45 Å². The second kappa shape index (κ2) is 6.17. The molecule has 0 amide bonds. The third kappa shape index (κ3) is 5.22. The molecule has 9 heteroatoms. The third-order valence-electron chi connectivity index (χ3n) is 3.43. The number of rotatable bonds is 3. The molecule has 126 valence electrons. The third-order valence-corrected chi connectivity index (χ3v) is 5.01. The molecular weight excluding hydrogens is 315 g/mol. The number of nitrogens with one attached hydrogen (secondary N) is 1. The van der Waals surface area contributed by atoms with Crippen molar-refractivity contribution in [2.45, 2.75) is 62.5 Å². The molecule has 0 aromatic rings. The molecule has 0 aliphatic carbocycles. The lowest BCUT2D eigenvalue weighted by Crippen LogP contribution is -2.62. The van der Waals surface area contributed by atoms with Crippen LogP contribution in [0.4, 0.5) is 22.0 Å². The van der Waals surface area contributed by atoms with Gasteiger partial charge in [-0.1, -0.05) is 0 Å². The topological polar surface area (TPSA) is 38.3 Å². The van der Waals surface area contributed by atoms with Gasteiger partial charge in [-0.3, -0.25) is 0 Å². The van der Waals surface area contributed by atoms with Crippen molar-refractivity contribution in [1.29, 1.82) is 0 Å². The first-order valence-corrected chi connectivity index (χ1v) is 7.72. The Bertz CT molecular complexity index is 359. The molecule has 1 fully saturated rings. The van der Waals surface area contributed by atoms with Gasteiger partial charge in [0.15, 0.2) is 6.04 Å². The van der Waals surface area contributed by atoms with Gasteiger partial charge in [-0.05, 0) is 27.8 Å². The SMILES string of the molecule is CN1CCC(F)(F)C[C@@H]1[C@@H](N[S+]([O-])C(C)(C)C)C(F)(F)F. The zero-order valence-electron chi connectivity index (χ0n) is 12.4. The highest BCUT2D eigenvalue weighted by Crippen LogP contribution is 2.37. The van der Waals surface area contributed by atoms with E-state index in [1.807, 2.05) is 4.72 Å². The second-order valence-electron chi connectivity index (χ2n) is 6.38. The monoisotopic (exact) mass is 336 g/mol. The predicted octanol–water partition coefficient (Wildman–Crippen LogP) is 2.70. The number of nitrogens with zero attached hydrogens (tertiary/aromatic N) is 1. The molecule has 0 spiro atoms. The maximum Gasteiger partial charge on any atom is 0.409 e. The van der Waals surface area contributed by atoms with Gasteiger partial charge in [0.05, 0.1) is 0 Å². The van der Waals surface area contributed by atoms with E-state index in [-0.39, 0.29) is 6.54 Å². The van der Waals surface area contributed by atoms with E-state index in [9.17, 15) is 26.5 Å². The van der Waals surface area contributed by atoms with Crippen molar-refractivity contribution in [3.05, 3.63) is 0 Å². The van der Waals surface area contributed by atoms with Crippen molar-refractivity contribution in [2.75, 3.05) is 13.6 Å². The van der Waals surface area contributed by atoms with Crippen LogP contribution in [0, 0.1) is 0 Å². The largest absolute Gasteiger partial charge is 0.598 e. The summed E-state index contributed by atoms with van der Waals surface area (Å²) in [6.07, 6.45) is -6.12. The fourth-order valence-corrected chi connectivity index (χ4v) is 2.97. The zero-order chi connectivity index (χ0) is 16.6. The number of likely N-dealkylation sites (tertiary alicyclic amines) is 1. The highest BCUT2D eigenvalue weighted by atomic mass is 32.2. The molecule has 1 aliphatic rings. The highest BCUT2D eigenvalue weighted by molar-refractivity contribution is 7.90. The number of halogens is 5. The van der Waals surface area contributed by atoms with Gasteiger partial charge in [-0.2, -0.15) is 13.2 Å². The van der Waals surface area contributed by atoms with Crippen LogP contribution in [0.1, 0.15) is 33.6 Å². The lowest BCUT2D eigenvalue weighted by atomic mass is 9.93. The van der Waals surface area contributed by atoms with Gasteiger partial charge in [0.1, 0.15) is 4.75 Å². The Kier molecular flexibility index (Phi) is 5.56. The summed E-state index contributed by atoms with van der Waals surface area (Å²) in [6.45, 7) is 4.42. The van der Waals surface area contributed by atoms with Crippen LogP contribution in [0.2, 0.25) is 0 Å². The molecule has 1 aliphatic heterocycles. The first-order valence-electron chi connectivity index (χ1n) is 6.57. The van der Waals surface area contributed by atoms with Crippen LogP contribution < -0.4 is 4.72 Å². The average molecular weight is 336 g/mol. The van der Waals surface area contributed by atoms with Crippen LogP contribution in [0.3, 0.4) is 0 Å². The van der Waals surface area contributed by atoms with Crippen molar-refractivity contribution < 1.29 is 26.5 Å². The van der Waals surface area contributed by atoms with E-state index in [2.05, 4.69) is 0 Å². The summed E-state index contributed by atoms with van der Waals surface area (Å²) in [6, 6.07) is -3.70. The Hall–Kier alpha value is -0.120. The van der Waals surface area contributed by atoms with Gasteiger partial charge in [0.25, 0.3) is 5.92 Å². The average Bonchev–Trinajstić information content (AvgIpc) is 2.26. The van der Waals surface area contributed by atoms with Crippen LogP contribution in [-0.4, -0.2) is 52.0 Å². The van der Waals surface area contributed by atoms with Crippen LogP contribution >= 0.6 is 0 Å². The molecule has 0 radical (unpaired) electrons. The summed E-state index contributed by atoms with van der Waals surface area (Å²) < 4.78 is 79.5. The van der Waals surface area contributed by atoms with E-state index in [4.69, 9.17) is 0 Å². The van der Waals surface area contributed by atoms with Gasteiger partial charge in [0, 0.05) is 36.8 Å². The molecule has 3 nitrogen and oxygen atoms in total. The van der Waals surface area contributed by atoms with Crippen LogP contribution in [0.25, 0.3) is 0 Å². The quantitative estimate of drug-likeness (QED) is 0.636. The standard InChI is InChI=1S/C12H21F5N2OS/c1-10(2,3)21(20)18-9(12(15,16)17)8-7-11(13,14)5-6-19(8)4/h8-9,18H,5-7H2,1-4H3/t8-,9-,21?/m1/s1. The summed E-state index contributed by atoms with van der Waals surface area (Å²) in [5.74, 6) is -3.13. The number of alkyl halides is 5. The molecule has 0 saturated carbocycles. The summed E-state index contributed by atoms with van der Waals surface area (Å²) in [5.41, 5.74) is 0. The lowest BCUT2D eigenvalue weighted by Gasteiger charge is -2.42. The zero-order valence-corrected chi connectivity index (χ0v) is 13.2. The van der Waals surface area contributed by atoms with E-state index in [0.29, 0.717) is 0 Å². The minimum Gasteiger partial charge on any atom is -0.598 e. The Labute approximate surface area is 124 Å². The minimum absolute atomic E-state index is 0.131. The Morgan fingerprint density at radius 1 is 1.29 bits per heavy atom. The first kappa shape index (κ1) is 18.9. The van der Waals surface area contributed by atoms with Gasteiger partial charge in [0.2, 0.25) is 0 Å². The molecule has 0 aromatic heterocycles. The molecule has 0 aromatic carbocycles. The summed E-state index contributed by atoms with van der Waals surface area (Å²) in [4.78, 5) is 1.25. The Balaban J connectivity index is 2.97. The van der Waals surface area contributed by atoms with Crippen molar-refractivity contribution in [2.24, 2.45) is 0 Å². The molecule has 1 N–H and O–H groups in total. The first-order chi connectivity index (χ1) is 9.24. The van der Waals surface area contributed by atoms with Gasteiger partial charge in [-0.25, -0.2) is 8.78 Å². The minimum atomic E-state index is -4.76. The molecule has 21 heavy (non-hydrogen) atoms. The predicted molar refractivity (Wildman–Crippen MR) is 71.5 cm³/mol. The Morgan fingerprint density at radius 2 is 1.81 bits per heavy atom.